The summed E-state index contributed by atoms with van der Waals surface area (Å²) in [6.07, 6.45) is 1.76. The lowest BCUT2D eigenvalue weighted by molar-refractivity contribution is -0.927. The third-order valence-electron chi connectivity index (χ3n) is 4.59. The Bertz CT molecular complexity index is 1100. The van der Waals surface area contributed by atoms with Gasteiger partial charge in [0.15, 0.2) is 18.1 Å². The van der Waals surface area contributed by atoms with Crippen molar-refractivity contribution in [2.75, 3.05) is 6.54 Å². The van der Waals surface area contributed by atoms with E-state index in [2.05, 4.69) is 21.9 Å². The highest BCUT2D eigenvalue weighted by Crippen LogP contribution is 2.19. The van der Waals surface area contributed by atoms with E-state index < -0.39 is 0 Å². The van der Waals surface area contributed by atoms with Crippen LogP contribution >= 0.6 is 0 Å². The van der Waals surface area contributed by atoms with Crippen LogP contribution in [0, 0.1) is 0 Å². The van der Waals surface area contributed by atoms with Gasteiger partial charge in [0, 0.05) is 5.56 Å². The predicted molar refractivity (Wildman–Crippen MR) is 103 cm³/mol. The molecular weight excluding hydrogens is 340 g/mol. The van der Waals surface area contributed by atoms with Gasteiger partial charge in [0.2, 0.25) is 0 Å². The molecule has 0 saturated heterocycles. The first-order valence-corrected chi connectivity index (χ1v) is 9.04. The fourth-order valence-corrected chi connectivity index (χ4v) is 3.11. The molecule has 0 aliphatic rings. The Hall–Kier alpha value is -3.25. The maximum atomic E-state index is 12.3. The monoisotopic (exact) mass is 361 g/mol. The molecule has 2 heterocycles. The minimum absolute atomic E-state index is 0.103. The third kappa shape index (κ3) is 3.80. The van der Waals surface area contributed by atoms with Gasteiger partial charge >= 0.3 is 0 Å². The number of H-pyrrole nitrogens is 1. The van der Waals surface area contributed by atoms with Gasteiger partial charge in [-0.2, -0.15) is 0 Å². The standard InChI is InChI=1S/C21H20N4O2/c1-2-25(13-19-23-17-11-7-6-10-16(17)21(26)24-19)14-20-22-12-18(27-20)15-8-4-3-5-9-15/h3-12H,2,13-14H2,1H3,(H,23,24,26)/p+1. The summed E-state index contributed by atoms with van der Waals surface area (Å²) in [4.78, 5) is 25.3. The number of fused-ring (bicyclic) bond motifs is 1. The maximum absolute atomic E-state index is 12.3. The highest BCUT2D eigenvalue weighted by Gasteiger charge is 2.15. The number of nitrogens with zero attached hydrogens (tertiary/aromatic N) is 2. The molecule has 1 unspecified atom stereocenters. The molecule has 2 aromatic carbocycles. The summed E-state index contributed by atoms with van der Waals surface area (Å²) in [5.74, 6) is 2.11. The first-order chi connectivity index (χ1) is 13.2. The Morgan fingerprint density at radius 2 is 1.81 bits per heavy atom. The molecule has 0 saturated carbocycles. The SMILES string of the molecule is CC[NH+](Cc1nc2ccccc2c(=O)[nH]1)Cc1ncc(-c2ccccc2)o1. The van der Waals surface area contributed by atoms with E-state index in [9.17, 15) is 4.79 Å². The van der Waals surface area contributed by atoms with Crippen molar-refractivity contribution >= 4 is 10.9 Å². The second kappa shape index (κ2) is 7.55. The van der Waals surface area contributed by atoms with Gasteiger partial charge in [0.05, 0.1) is 23.6 Å². The van der Waals surface area contributed by atoms with Crippen molar-refractivity contribution in [3.8, 4) is 11.3 Å². The fraction of sp³-hybridized carbons (Fsp3) is 0.190. The molecule has 2 aromatic heterocycles. The zero-order valence-electron chi connectivity index (χ0n) is 15.1. The van der Waals surface area contributed by atoms with Crippen LogP contribution in [0.3, 0.4) is 0 Å². The molecule has 136 valence electrons. The molecule has 0 amide bonds. The molecule has 0 radical (unpaired) electrons. The molecule has 2 N–H and O–H groups in total. The smallest absolute Gasteiger partial charge is 0.258 e. The second-order valence-electron chi connectivity index (χ2n) is 6.47. The second-order valence-corrected chi connectivity index (χ2v) is 6.47. The van der Waals surface area contributed by atoms with Crippen LogP contribution < -0.4 is 10.5 Å². The number of quaternary nitrogens is 1. The molecular formula is C21H21N4O2+. The van der Waals surface area contributed by atoms with E-state index in [1.54, 1.807) is 12.3 Å². The molecule has 6 heteroatoms. The highest BCUT2D eigenvalue weighted by atomic mass is 16.4. The average molecular weight is 361 g/mol. The molecule has 0 fully saturated rings. The summed E-state index contributed by atoms with van der Waals surface area (Å²) in [6, 6.07) is 17.3. The van der Waals surface area contributed by atoms with E-state index in [1.165, 1.54) is 4.90 Å². The van der Waals surface area contributed by atoms with Crippen molar-refractivity contribution < 1.29 is 9.32 Å². The van der Waals surface area contributed by atoms with Gasteiger partial charge in [-0.05, 0) is 19.1 Å². The van der Waals surface area contributed by atoms with E-state index in [1.807, 2.05) is 48.5 Å². The van der Waals surface area contributed by atoms with E-state index >= 15 is 0 Å². The average Bonchev–Trinajstić information content (AvgIpc) is 3.17. The van der Waals surface area contributed by atoms with Crippen molar-refractivity contribution in [3.05, 3.63) is 82.9 Å². The van der Waals surface area contributed by atoms with Gasteiger partial charge < -0.3 is 14.3 Å². The van der Waals surface area contributed by atoms with Gasteiger partial charge in [-0.3, -0.25) is 4.79 Å². The number of aromatic nitrogens is 3. The zero-order chi connectivity index (χ0) is 18.6. The summed E-state index contributed by atoms with van der Waals surface area (Å²) in [5.41, 5.74) is 1.62. The first kappa shape index (κ1) is 17.2. The Labute approximate surface area is 156 Å². The Balaban J connectivity index is 1.52. The normalized spacial score (nSPS) is 12.3. The number of hydrogen-bond acceptors (Lipinski definition) is 4. The van der Waals surface area contributed by atoms with Gasteiger partial charge in [0.1, 0.15) is 6.54 Å². The Morgan fingerprint density at radius 3 is 2.63 bits per heavy atom. The van der Waals surface area contributed by atoms with E-state index in [0.29, 0.717) is 35.7 Å². The number of hydrogen-bond donors (Lipinski definition) is 2. The van der Waals surface area contributed by atoms with Crippen LogP contribution in [0.4, 0.5) is 0 Å². The largest absolute Gasteiger partial charge is 0.435 e. The zero-order valence-corrected chi connectivity index (χ0v) is 15.1. The third-order valence-corrected chi connectivity index (χ3v) is 4.59. The molecule has 4 rings (SSSR count). The molecule has 1 atom stereocenters. The van der Waals surface area contributed by atoms with Gasteiger partial charge in [-0.15, -0.1) is 0 Å². The molecule has 0 aliphatic heterocycles. The Kier molecular flexibility index (Phi) is 4.80. The predicted octanol–water partition coefficient (Wildman–Crippen LogP) is 2.18. The van der Waals surface area contributed by atoms with Crippen molar-refractivity contribution in [2.24, 2.45) is 0 Å². The minimum atomic E-state index is -0.103. The summed E-state index contributed by atoms with van der Waals surface area (Å²) in [5, 5.41) is 0.611. The summed E-state index contributed by atoms with van der Waals surface area (Å²) in [7, 11) is 0. The molecule has 0 spiro atoms. The van der Waals surface area contributed by atoms with Crippen molar-refractivity contribution in [3.63, 3.8) is 0 Å². The Morgan fingerprint density at radius 1 is 1.04 bits per heavy atom. The van der Waals surface area contributed by atoms with Crippen LogP contribution in [-0.4, -0.2) is 21.5 Å². The first-order valence-electron chi connectivity index (χ1n) is 9.04. The van der Waals surface area contributed by atoms with Crippen LogP contribution in [0.15, 0.2) is 70.0 Å². The van der Waals surface area contributed by atoms with Crippen LogP contribution in [0.5, 0.6) is 0 Å². The molecule has 27 heavy (non-hydrogen) atoms. The number of benzene rings is 2. The van der Waals surface area contributed by atoms with Crippen LogP contribution in [0.1, 0.15) is 18.6 Å². The topological polar surface area (TPSA) is 76.2 Å². The molecule has 4 aromatic rings. The van der Waals surface area contributed by atoms with Crippen molar-refractivity contribution in [2.45, 2.75) is 20.0 Å². The lowest BCUT2D eigenvalue weighted by Gasteiger charge is -2.15. The van der Waals surface area contributed by atoms with E-state index in [4.69, 9.17) is 4.42 Å². The van der Waals surface area contributed by atoms with Crippen LogP contribution in [0.2, 0.25) is 0 Å². The van der Waals surface area contributed by atoms with E-state index in [-0.39, 0.29) is 5.56 Å². The van der Waals surface area contributed by atoms with Crippen LogP contribution in [0.25, 0.3) is 22.2 Å². The van der Waals surface area contributed by atoms with Gasteiger partial charge in [-0.25, -0.2) is 9.97 Å². The summed E-state index contributed by atoms with van der Waals surface area (Å²) >= 11 is 0. The number of oxazole rings is 1. The number of aromatic amines is 1. The summed E-state index contributed by atoms with van der Waals surface area (Å²) in [6.45, 7) is 4.18. The van der Waals surface area contributed by atoms with Crippen LogP contribution in [-0.2, 0) is 13.1 Å². The van der Waals surface area contributed by atoms with Gasteiger partial charge in [-0.1, -0.05) is 42.5 Å². The lowest BCUT2D eigenvalue weighted by Crippen LogP contribution is -3.09. The van der Waals surface area contributed by atoms with Crippen molar-refractivity contribution in [1.29, 1.82) is 0 Å². The molecule has 6 nitrogen and oxygen atoms in total. The number of para-hydroxylation sites is 1. The fourth-order valence-electron chi connectivity index (χ4n) is 3.11. The lowest BCUT2D eigenvalue weighted by atomic mass is 10.2. The number of rotatable bonds is 6. The minimum Gasteiger partial charge on any atom is -0.435 e. The quantitative estimate of drug-likeness (QED) is 0.552. The molecule has 0 aliphatic carbocycles. The molecule has 0 bridgehead atoms. The van der Waals surface area contributed by atoms with Gasteiger partial charge in [0.25, 0.3) is 11.4 Å². The summed E-state index contributed by atoms with van der Waals surface area (Å²) < 4.78 is 5.91. The number of nitrogens with one attached hydrogen (secondary N) is 2. The van der Waals surface area contributed by atoms with Crippen molar-refractivity contribution in [1.82, 2.24) is 15.0 Å². The highest BCUT2D eigenvalue weighted by molar-refractivity contribution is 5.77. The maximum Gasteiger partial charge on any atom is 0.258 e. The van der Waals surface area contributed by atoms with E-state index in [0.717, 1.165) is 17.9 Å².